The second kappa shape index (κ2) is 12.0. The van der Waals surface area contributed by atoms with Crippen LogP contribution in [0.3, 0.4) is 0 Å². The summed E-state index contributed by atoms with van der Waals surface area (Å²) >= 11 is 0. The molecule has 184 valence electrons. The van der Waals surface area contributed by atoms with E-state index in [9.17, 15) is 14.0 Å². The monoisotopic (exact) mass is 479 g/mol. The van der Waals surface area contributed by atoms with Crippen LogP contribution >= 0.6 is 0 Å². The van der Waals surface area contributed by atoms with Crippen molar-refractivity contribution in [1.29, 1.82) is 0 Å². The summed E-state index contributed by atoms with van der Waals surface area (Å²) in [6, 6.07) is 22.6. The van der Waals surface area contributed by atoms with E-state index >= 15 is 0 Å². The lowest BCUT2D eigenvalue weighted by atomic mass is 10.2. The molecule has 0 aliphatic rings. The van der Waals surface area contributed by atoms with Crippen LogP contribution in [-0.2, 0) is 20.9 Å². The SMILES string of the molecule is CC(C)(C)OC(=O)NC[C@H](OCc1ccccc1)C(=O)Nc1ccc(F)cc1Nc1ccccc1. The van der Waals surface area contributed by atoms with Crippen molar-refractivity contribution in [3.05, 3.63) is 90.2 Å². The molecule has 8 heteroatoms. The highest BCUT2D eigenvalue weighted by Crippen LogP contribution is 2.27. The average molecular weight is 480 g/mol. The molecule has 0 saturated carbocycles. The average Bonchev–Trinajstić information content (AvgIpc) is 2.81. The van der Waals surface area contributed by atoms with Gasteiger partial charge in [-0.1, -0.05) is 48.5 Å². The van der Waals surface area contributed by atoms with E-state index in [1.807, 2.05) is 60.7 Å². The first kappa shape index (κ1) is 25.7. The van der Waals surface area contributed by atoms with Crippen LogP contribution in [0.15, 0.2) is 78.9 Å². The molecular weight excluding hydrogens is 449 g/mol. The fraction of sp³-hybridized carbons (Fsp3) is 0.259. The maximum absolute atomic E-state index is 14.0. The van der Waals surface area contributed by atoms with Gasteiger partial charge >= 0.3 is 6.09 Å². The summed E-state index contributed by atoms with van der Waals surface area (Å²) in [4.78, 5) is 25.3. The number of alkyl carbamates (subject to hydrolysis) is 1. The van der Waals surface area contributed by atoms with Crippen LogP contribution in [0, 0.1) is 5.82 Å². The topological polar surface area (TPSA) is 88.7 Å². The van der Waals surface area contributed by atoms with Gasteiger partial charge in [-0.05, 0) is 56.7 Å². The van der Waals surface area contributed by atoms with E-state index in [2.05, 4.69) is 16.0 Å². The minimum absolute atomic E-state index is 0.115. The number of amides is 2. The number of hydrogen-bond acceptors (Lipinski definition) is 5. The van der Waals surface area contributed by atoms with E-state index in [0.29, 0.717) is 11.4 Å². The Hall–Kier alpha value is -3.91. The lowest BCUT2D eigenvalue weighted by Gasteiger charge is -2.22. The molecule has 0 aliphatic heterocycles. The number of halogens is 1. The van der Waals surface area contributed by atoms with Crippen molar-refractivity contribution in [2.24, 2.45) is 0 Å². The molecule has 0 spiro atoms. The van der Waals surface area contributed by atoms with Gasteiger partial charge in [-0.15, -0.1) is 0 Å². The number of benzene rings is 3. The number of rotatable bonds is 9. The maximum Gasteiger partial charge on any atom is 0.407 e. The van der Waals surface area contributed by atoms with Gasteiger partial charge in [0.25, 0.3) is 5.91 Å². The molecule has 1 atom stereocenters. The molecule has 7 nitrogen and oxygen atoms in total. The summed E-state index contributed by atoms with van der Waals surface area (Å²) in [6.45, 7) is 5.29. The highest BCUT2D eigenvalue weighted by atomic mass is 19.1. The van der Waals surface area contributed by atoms with Gasteiger partial charge in [0.05, 0.1) is 24.5 Å². The Labute approximate surface area is 204 Å². The zero-order chi connectivity index (χ0) is 25.3. The molecule has 35 heavy (non-hydrogen) atoms. The number of nitrogens with one attached hydrogen (secondary N) is 3. The molecule has 2 amide bonds. The molecule has 3 aromatic rings. The molecule has 0 unspecified atom stereocenters. The normalized spacial score (nSPS) is 11.9. The van der Waals surface area contributed by atoms with E-state index in [1.54, 1.807) is 20.8 Å². The van der Waals surface area contributed by atoms with Gasteiger partial charge in [-0.25, -0.2) is 9.18 Å². The maximum atomic E-state index is 14.0. The minimum atomic E-state index is -1.03. The van der Waals surface area contributed by atoms with E-state index < -0.39 is 29.5 Å². The van der Waals surface area contributed by atoms with Gasteiger partial charge in [0.15, 0.2) is 6.10 Å². The van der Waals surface area contributed by atoms with Crippen molar-refractivity contribution in [2.45, 2.75) is 39.1 Å². The molecule has 0 fully saturated rings. The largest absolute Gasteiger partial charge is 0.444 e. The van der Waals surface area contributed by atoms with Gasteiger partial charge < -0.3 is 25.4 Å². The van der Waals surface area contributed by atoms with Gasteiger partial charge in [-0.3, -0.25) is 4.79 Å². The summed E-state index contributed by atoms with van der Waals surface area (Å²) < 4.78 is 25.1. The van der Waals surface area contributed by atoms with Crippen LogP contribution < -0.4 is 16.0 Å². The second-order valence-corrected chi connectivity index (χ2v) is 8.84. The van der Waals surface area contributed by atoms with E-state index in [4.69, 9.17) is 9.47 Å². The van der Waals surface area contributed by atoms with Crippen molar-refractivity contribution in [3.8, 4) is 0 Å². The number of ether oxygens (including phenoxy) is 2. The molecule has 3 rings (SSSR count). The summed E-state index contributed by atoms with van der Waals surface area (Å²) in [5.74, 6) is -0.954. The third-order valence-corrected chi connectivity index (χ3v) is 4.71. The van der Waals surface area contributed by atoms with Crippen molar-refractivity contribution in [1.82, 2.24) is 5.32 Å². The molecule has 3 N–H and O–H groups in total. The Morgan fingerprint density at radius 3 is 2.23 bits per heavy atom. The zero-order valence-electron chi connectivity index (χ0n) is 20.0. The number of anilines is 3. The summed E-state index contributed by atoms with van der Waals surface area (Å²) in [6.07, 6.45) is -1.69. The molecular formula is C27H30FN3O4. The van der Waals surface area contributed by atoms with Crippen molar-refractivity contribution in [3.63, 3.8) is 0 Å². The van der Waals surface area contributed by atoms with E-state index in [0.717, 1.165) is 11.3 Å². The highest BCUT2D eigenvalue weighted by Gasteiger charge is 2.23. The minimum Gasteiger partial charge on any atom is -0.444 e. The van der Waals surface area contributed by atoms with Crippen LogP contribution in [0.1, 0.15) is 26.3 Å². The summed E-state index contributed by atoms with van der Waals surface area (Å²) in [7, 11) is 0. The van der Waals surface area contributed by atoms with Gasteiger partial charge in [0.1, 0.15) is 11.4 Å². The molecule has 0 aliphatic carbocycles. The third-order valence-electron chi connectivity index (χ3n) is 4.71. The predicted molar refractivity (Wildman–Crippen MR) is 134 cm³/mol. The van der Waals surface area contributed by atoms with Gasteiger partial charge in [0.2, 0.25) is 0 Å². The lowest BCUT2D eigenvalue weighted by Crippen LogP contribution is -2.43. The Balaban J connectivity index is 1.74. The van der Waals surface area contributed by atoms with E-state index in [1.165, 1.54) is 18.2 Å². The summed E-state index contributed by atoms with van der Waals surface area (Å²) in [5.41, 5.74) is 1.67. The number of hydrogen-bond donors (Lipinski definition) is 3. The van der Waals surface area contributed by atoms with Crippen molar-refractivity contribution < 1.29 is 23.5 Å². The van der Waals surface area contributed by atoms with Gasteiger partial charge in [-0.2, -0.15) is 0 Å². The summed E-state index contributed by atoms with van der Waals surface area (Å²) in [5, 5.41) is 8.47. The van der Waals surface area contributed by atoms with Crippen LogP contribution in [0.5, 0.6) is 0 Å². The van der Waals surface area contributed by atoms with Crippen LogP contribution in [0.4, 0.5) is 26.2 Å². The number of carbonyl (C=O) groups is 2. The number of para-hydroxylation sites is 1. The molecule has 0 bridgehead atoms. The highest BCUT2D eigenvalue weighted by molar-refractivity contribution is 5.98. The van der Waals surface area contributed by atoms with E-state index in [-0.39, 0.29) is 13.2 Å². The first-order chi connectivity index (χ1) is 16.7. The first-order valence-corrected chi connectivity index (χ1v) is 11.2. The fourth-order valence-corrected chi connectivity index (χ4v) is 3.11. The zero-order valence-corrected chi connectivity index (χ0v) is 20.0. The predicted octanol–water partition coefficient (Wildman–Crippen LogP) is 5.62. The Morgan fingerprint density at radius 2 is 1.57 bits per heavy atom. The Morgan fingerprint density at radius 1 is 0.914 bits per heavy atom. The van der Waals surface area contributed by atoms with Crippen LogP contribution in [-0.4, -0.2) is 30.3 Å². The smallest absolute Gasteiger partial charge is 0.407 e. The van der Waals surface area contributed by atoms with Crippen LogP contribution in [0.2, 0.25) is 0 Å². The third kappa shape index (κ3) is 8.75. The molecule has 0 aromatic heterocycles. The first-order valence-electron chi connectivity index (χ1n) is 11.2. The fourth-order valence-electron chi connectivity index (χ4n) is 3.11. The molecule has 3 aromatic carbocycles. The Bertz CT molecular complexity index is 1120. The van der Waals surface area contributed by atoms with Gasteiger partial charge in [0, 0.05) is 5.69 Å². The van der Waals surface area contributed by atoms with Crippen LogP contribution in [0.25, 0.3) is 0 Å². The standard InChI is InChI=1S/C27H30FN3O4/c1-27(2,3)35-26(33)29-17-24(34-18-19-10-6-4-7-11-19)25(32)31-22-15-14-20(28)16-23(22)30-21-12-8-5-9-13-21/h4-16,24,30H,17-18H2,1-3H3,(H,29,33)(H,31,32)/t24-/m0/s1. The van der Waals surface area contributed by atoms with Crippen molar-refractivity contribution in [2.75, 3.05) is 17.2 Å². The molecule has 0 radical (unpaired) electrons. The lowest BCUT2D eigenvalue weighted by molar-refractivity contribution is -0.127. The number of carbonyl (C=O) groups excluding carboxylic acids is 2. The molecule has 0 saturated heterocycles. The second-order valence-electron chi connectivity index (χ2n) is 8.84. The van der Waals surface area contributed by atoms with Crippen molar-refractivity contribution >= 4 is 29.1 Å². The Kier molecular flexibility index (Phi) is 8.80. The quantitative estimate of drug-likeness (QED) is 0.371. The molecule has 0 heterocycles.